The van der Waals surface area contributed by atoms with Crippen LogP contribution in [0.2, 0.25) is 0 Å². The van der Waals surface area contributed by atoms with E-state index in [1.165, 1.54) is 0 Å². The van der Waals surface area contributed by atoms with Crippen LogP contribution in [-0.4, -0.2) is 30.5 Å². The van der Waals surface area contributed by atoms with Crippen molar-refractivity contribution in [3.8, 4) is 5.75 Å². The lowest BCUT2D eigenvalue weighted by atomic mass is 9.73. The molecule has 0 amide bonds. The Labute approximate surface area is 109 Å². The molecular weight excluding hydrogens is 228 g/mol. The molecule has 0 spiro atoms. The number of aliphatic hydroxyl groups is 2. The third-order valence-corrected chi connectivity index (χ3v) is 3.83. The Morgan fingerprint density at radius 3 is 2.28 bits per heavy atom. The summed E-state index contributed by atoms with van der Waals surface area (Å²) in [6, 6.07) is 5.99. The second-order valence-electron chi connectivity index (χ2n) is 5.33. The number of benzene rings is 1. The molecule has 0 fully saturated rings. The van der Waals surface area contributed by atoms with Crippen molar-refractivity contribution < 1.29 is 14.9 Å². The molecule has 0 aliphatic heterocycles. The Morgan fingerprint density at radius 2 is 1.83 bits per heavy atom. The maximum absolute atomic E-state index is 9.64. The predicted molar refractivity (Wildman–Crippen MR) is 72.9 cm³/mol. The highest BCUT2D eigenvalue weighted by Gasteiger charge is 2.33. The van der Waals surface area contributed by atoms with Crippen LogP contribution in [0.3, 0.4) is 0 Å². The van der Waals surface area contributed by atoms with Gasteiger partial charge in [-0.05, 0) is 30.9 Å². The van der Waals surface area contributed by atoms with E-state index in [4.69, 9.17) is 4.74 Å². The monoisotopic (exact) mass is 252 g/mol. The van der Waals surface area contributed by atoms with E-state index < -0.39 is 5.41 Å². The van der Waals surface area contributed by atoms with Gasteiger partial charge in [-0.15, -0.1) is 0 Å². The summed E-state index contributed by atoms with van der Waals surface area (Å²) in [7, 11) is 1.64. The summed E-state index contributed by atoms with van der Waals surface area (Å²) in [4.78, 5) is 0. The molecule has 0 saturated carbocycles. The van der Waals surface area contributed by atoms with Gasteiger partial charge in [0.25, 0.3) is 0 Å². The van der Waals surface area contributed by atoms with Crippen LogP contribution in [0.25, 0.3) is 0 Å². The quantitative estimate of drug-likeness (QED) is 0.816. The van der Waals surface area contributed by atoms with Gasteiger partial charge in [-0.3, -0.25) is 0 Å². The topological polar surface area (TPSA) is 49.7 Å². The Balaban J connectivity index is 3.10. The van der Waals surface area contributed by atoms with Gasteiger partial charge in [0.1, 0.15) is 5.75 Å². The van der Waals surface area contributed by atoms with Gasteiger partial charge in [0.15, 0.2) is 0 Å². The fourth-order valence-corrected chi connectivity index (χ4v) is 2.16. The summed E-state index contributed by atoms with van der Waals surface area (Å²) in [5.41, 5.74) is 1.69. The van der Waals surface area contributed by atoms with Gasteiger partial charge < -0.3 is 14.9 Å². The highest BCUT2D eigenvalue weighted by atomic mass is 16.5. The van der Waals surface area contributed by atoms with Crippen LogP contribution in [-0.2, 0) is 6.42 Å². The van der Waals surface area contributed by atoms with E-state index in [0.29, 0.717) is 6.42 Å². The number of aliphatic hydroxyl groups excluding tert-OH is 2. The summed E-state index contributed by atoms with van der Waals surface area (Å²) < 4.78 is 5.35. The number of methoxy groups -OCH3 is 1. The first-order valence-electron chi connectivity index (χ1n) is 6.34. The second-order valence-corrected chi connectivity index (χ2v) is 5.33. The minimum Gasteiger partial charge on any atom is -0.496 e. The van der Waals surface area contributed by atoms with Crippen molar-refractivity contribution in [2.45, 2.75) is 27.2 Å². The highest BCUT2D eigenvalue weighted by molar-refractivity contribution is 5.37. The fraction of sp³-hybridized carbons (Fsp3) is 0.600. The summed E-state index contributed by atoms with van der Waals surface area (Å²) in [5, 5.41) is 19.3. The minimum atomic E-state index is -0.499. The summed E-state index contributed by atoms with van der Waals surface area (Å²) in [6.45, 7) is 6.01. The SMILES string of the molecule is COc1ccc(C)cc1CC(CO)(CO)C(C)C. The number of rotatable bonds is 6. The average molecular weight is 252 g/mol. The third-order valence-electron chi connectivity index (χ3n) is 3.83. The van der Waals surface area contributed by atoms with Crippen molar-refractivity contribution in [1.82, 2.24) is 0 Å². The molecule has 0 bridgehead atoms. The third kappa shape index (κ3) is 3.03. The molecule has 1 aromatic rings. The van der Waals surface area contributed by atoms with Gasteiger partial charge in [0.05, 0.1) is 20.3 Å². The van der Waals surface area contributed by atoms with Crippen molar-refractivity contribution in [2.24, 2.45) is 11.3 Å². The Hall–Kier alpha value is -1.06. The second kappa shape index (κ2) is 6.21. The van der Waals surface area contributed by atoms with Crippen molar-refractivity contribution in [2.75, 3.05) is 20.3 Å². The number of hydrogen-bond donors (Lipinski definition) is 2. The standard InChI is InChI=1S/C15H24O3/c1-11(2)15(9-16,10-17)8-13-7-12(3)5-6-14(13)18-4/h5-7,11,16-17H,8-10H2,1-4H3. The zero-order valence-corrected chi connectivity index (χ0v) is 11.7. The molecule has 0 heterocycles. The summed E-state index contributed by atoms with van der Waals surface area (Å²) in [5.74, 6) is 1.00. The molecule has 3 nitrogen and oxygen atoms in total. The zero-order valence-electron chi connectivity index (χ0n) is 11.7. The Bertz CT molecular complexity index is 381. The van der Waals surface area contributed by atoms with E-state index in [-0.39, 0.29) is 19.1 Å². The van der Waals surface area contributed by atoms with Crippen LogP contribution >= 0.6 is 0 Å². The van der Waals surface area contributed by atoms with Gasteiger partial charge in [-0.25, -0.2) is 0 Å². The zero-order chi connectivity index (χ0) is 13.8. The van der Waals surface area contributed by atoms with Crippen LogP contribution in [0.1, 0.15) is 25.0 Å². The fourth-order valence-electron chi connectivity index (χ4n) is 2.16. The van der Waals surface area contributed by atoms with Crippen LogP contribution in [0.4, 0.5) is 0 Å². The van der Waals surface area contributed by atoms with E-state index in [2.05, 4.69) is 6.07 Å². The first-order chi connectivity index (χ1) is 8.49. The van der Waals surface area contributed by atoms with E-state index in [0.717, 1.165) is 16.9 Å². The first-order valence-corrected chi connectivity index (χ1v) is 6.34. The first kappa shape index (κ1) is 15.0. The van der Waals surface area contributed by atoms with Crippen molar-refractivity contribution in [3.63, 3.8) is 0 Å². The van der Waals surface area contributed by atoms with E-state index >= 15 is 0 Å². The van der Waals surface area contributed by atoms with Crippen molar-refractivity contribution >= 4 is 0 Å². The highest BCUT2D eigenvalue weighted by Crippen LogP contribution is 2.34. The van der Waals surface area contributed by atoms with Gasteiger partial charge in [-0.1, -0.05) is 31.5 Å². The molecule has 102 valence electrons. The number of hydrogen-bond acceptors (Lipinski definition) is 3. The molecule has 0 aromatic heterocycles. The van der Waals surface area contributed by atoms with E-state index in [1.807, 2.05) is 32.9 Å². The van der Waals surface area contributed by atoms with E-state index in [9.17, 15) is 10.2 Å². The molecule has 0 unspecified atom stereocenters. The largest absolute Gasteiger partial charge is 0.496 e. The normalized spacial score (nSPS) is 11.9. The molecule has 18 heavy (non-hydrogen) atoms. The molecule has 0 aliphatic carbocycles. The lowest BCUT2D eigenvalue weighted by Crippen LogP contribution is -2.37. The molecule has 1 aromatic carbocycles. The molecule has 2 N–H and O–H groups in total. The smallest absolute Gasteiger partial charge is 0.122 e. The molecule has 0 aliphatic rings. The molecule has 0 radical (unpaired) electrons. The van der Waals surface area contributed by atoms with Crippen LogP contribution in [0.5, 0.6) is 5.75 Å². The molecular formula is C15H24O3. The molecule has 1 rings (SSSR count). The number of ether oxygens (including phenoxy) is 1. The van der Waals surface area contributed by atoms with E-state index in [1.54, 1.807) is 7.11 Å². The van der Waals surface area contributed by atoms with Crippen molar-refractivity contribution in [3.05, 3.63) is 29.3 Å². The Kier molecular flexibility index (Phi) is 5.17. The predicted octanol–water partition coefficient (Wildman–Crippen LogP) is 2.17. The van der Waals surface area contributed by atoms with Crippen LogP contribution in [0.15, 0.2) is 18.2 Å². The van der Waals surface area contributed by atoms with Gasteiger partial charge >= 0.3 is 0 Å². The summed E-state index contributed by atoms with van der Waals surface area (Å²) >= 11 is 0. The molecule has 3 heteroatoms. The lowest BCUT2D eigenvalue weighted by Gasteiger charge is -2.34. The number of aryl methyl sites for hydroxylation is 1. The average Bonchev–Trinajstić information content (AvgIpc) is 2.36. The van der Waals surface area contributed by atoms with Gasteiger partial charge in [0.2, 0.25) is 0 Å². The maximum Gasteiger partial charge on any atom is 0.122 e. The minimum absolute atomic E-state index is 0.0295. The molecule has 0 saturated heterocycles. The van der Waals surface area contributed by atoms with Gasteiger partial charge in [0, 0.05) is 5.41 Å². The van der Waals surface area contributed by atoms with Crippen LogP contribution in [0, 0.1) is 18.3 Å². The van der Waals surface area contributed by atoms with Crippen LogP contribution < -0.4 is 4.74 Å². The van der Waals surface area contributed by atoms with Gasteiger partial charge in [-0.2, -0.15) is 0 Å². The summed E-state index contributed by atoms with van der Waals surface area (Å²) in [6.07, 6.45) is 0.614. The Morgan fingerprint density at radius 1 is 1.22 bits per heavy atom. The maximum atomic E-state index is 9.64. The van der Waals surface area contributed by atoms with Crippen molar-refractivity contribution in [1.29, 1.82) is 0 Å². The lowest BCUT2D eigenvalue weighted by molar-refractivity contribution is 0.0159. The molecule has 0 atom stereocenters.